The quantitative estimate of drug-likeness (QED) is 0.755. The summed E-state index contributed by atoms with van der Waals surface area (Å²) in [5.74, 6) is -0.259. The molecule has 1 aromatic heterocycles. The Morgan fingerprint density at radius 1 is 1.32 bits per heavy atom. The fourth-order valence-corrected chi connectivity index (χ4v) is 2.26. The molecule has 6 nitrogen and oxygen atoms in total. The van der Waals surface area contributed by atoms with Gasteiger partial charge >= 0.3 is 5.97 Å². The van der Waals surface area contributed by atoms with Gasteiger partial charge in [-0.15, -0.1) is 0 Å². The summed E-state index contributed by atoms with van der Waals surface area (Å²) in [6.45, 7) is 4.90. The second kappa shape index (κ2) is 8.29. The molecule has 1 aromatic carbocycles. The zero-order valence-electron chi connectivity index (χ0n) is 13.0. The summed E-state index contributed by atoms with van der Waals surface area (Å²) in [5, 5.41) is 7.49. The van der Waals surface area contributed by atoms with Crippen LogP contribution in [0, 0.1) is 0 Å². The van der Waals surface area contributed by atoms with Crippen LogP contribution < -0.4 is 5.32 Å². The number of rotatable bonds is 8. The van der Waals surface area contributed by atoms with E-state index in [1.165, 1.54) is 6.33 Å². The Balaban J connectivity index is 2.12. The van der Waals surface area contributed by atoms with Gasteiger partial charge in [0.25, 0.3) is 0 Å². The lowest BCUT2D eigenvalue weighted by Crippen LogP contribution is -2.40. The number of carbonyl (C=O) groups is 1. The van der Waals surface area contributed by atoms with E-state index in [-0.39, 0.29) is 12.0 Å². The summed E-state index contributed by atoms with van der Waals surface area (Å²) < 4.78 is 6.96. The molecule has 0 aliphatic rings. The summed E-state index contributed by atoms with van der Waals surface area (Å²) >= 11 is 0. The van der Waals surface area contributed by atoms with E-state index in [4.69, 9.17) is 4.74 Å². The average molecular weight is 302 g/mol. The van der Waals surface area contributed by atoms with Crippen LogP contribution in [0.2, 0.25) is 0 Å². The molecule has 2 rings (SSSR count). The van der Waals surface area contributed by atoms with Gasteiger partial charge in [-0.2, -0.15) is 5.10 Å². The van der Waals surface area contributed by atoms with Crippen LogP contribution in [0.3, 0.4) is 0 Å². The van der Waals surface area contributed by atoms with Crippen LogP contribution in [-0.2, 0) is 16.1 Å². The van der Waals surface area contributed by atoms with Gasteiger partial charge in [0.15, 0.2) is 0 Å². The van der Waals surface area contributed by atoms with Crippen LogP contribution in [0.4, 0.5) is 0 Å². The number of ether oxygens (including phenoxy) is 1. The molecule has 0 aliphatic carbocycles. The van der Waals surface area contributed by atoms with E-state index in [9.17, 15) is 4.79 Å². The van der Waals surface area contributed by atoms with Gasteiger partial charge in [0.2, 0.25) is 0 Å². The van der Waals surface area contributed by atoms with Crippen molar-refractivity contribution in [3.05, 3.63) is 48.5 Å². The number of hydrogen-bond donors (Lipinski definition) is 1. The van der Waals surface area contributed by atoms with Crippen molar-refractivity contribution in [1.82, 2.24) is 20.1 Å². The molecule has 1 unspecified atom stereocenters. The van der Waals surface area contributed by atoms with E-state index in [0.29, 0.717) is 13.2 Å². The average Bonchev–Trinajstić information content (AvgIpc) is 3.05. The van der Waals surface area contributed by atoms with Crippen molar-refractivity contribution in [2.45, 2.75) is 38.9 Å². The van der Waals surface area contributed by atoms with E-state index < -0.39 is 6.04 Å². The largest absolute Gasteiger partial charge is 0.465 e. The molecule has 2 atom stereocenters. The maximum Gasteiger partial charge on any atom is 0.327 e. The Morgan fingerprint density at radius 3 is 2.68 bits per heavy atom. The SMILES string of the molecule is CCOC(=O)[C@H](NC(CC)Cn1cncn1)c1ccccc1. The van der Waals surface area contributed by atoms with Crippen LogP contribution in [0.25, 0.3) is 0 Å². The summed E-state index contributed by atoms with van der Waals surface area (Å²) in [6.07, 6.45) is 4.04. The topological polar surface area (TPSA) is 69.0 Å². The Morgan fingerprint density at radius 2 is 2.09 bits per heavy atom. The number of benzene rings is 1. The lowest BCUT2D eigenvalue weighted by Gasteiger charge is -2.24. The van der Waals surface area contributed by atoms with Crippen molar-refractivity contribution in [2.24, 2.45) is 0 Å². The van der Waals surface area contributed by atoms with E-state index in [0.717, 1.165) is 12.0 Å². The highest BCUT2D eigenvalue weighted by Gasteiger charge is 2.24. The lowest BCUT2D eigenvalue weighted by atomic mass is 10.1. The smallest absolute Gasteiger partial charge is 0.327 e. The van der Waals surface area contributed by atoms with Crippen molar-refractivity contribution >= 4 is 5.97 Å². The number of nitrogens with zero attached hydrogens (tertiary/aromatic N) is 3. The van der Waals surface area contributed by atoms with Gasteiger partial charge in [-0.25, -0.2) is 9.78 Å². The molecule has 0 fully saturated rings. The van der Waals surface area contributed by atoms with E-state index in [1.54, 1.807) is 11.0 Å². The fourth-order valence-electron chi connectivity index (χ4n) is 2.26. The standard InChI is InChI=1S/C16H22N4O2/c1-3-14(10-20-12-17-11-18-20)19-15(16(21)22-4-2)13-8-6-5-7-9-13/h5-9,11-12,14-15,19H,3-4,10H2,1-2H3/t14?,15-/m1/s1. The molecule has 0 amide bonds. The summed E-state index contributed by atoms with van der Waals surface area (Å²) in [5.41, 5.74) is 0.901. The first-order valence-corrected chi connectivity index (χ1v) is 7.54. The van der Waals surface area contributed by atoms with Crippen LogP contribution in [0.5, 0.6) is 0 Å². The Labute approximate surface area is 130 Å². The minimum absolute atomic E-state index is 0.0938. The molecular formula is C16H22N4O2. The molecule has 6 heteroatoms. The van der Waals surface area contributed by atoms with Crippen LogP contribution in [0.15, 0.2) is 43.0 Å². The highest BCUT2D eigenvalue weighted by atomic mass is 16.5. The van der Waals surface area contributed by atoms with Gasteiger partial charge in [0, 0.05) is 6.04 Å². The Hall–Kier alpha value is -2.21. The highest BCUT2D eigenvalue weighted by Crippen LogP contribution is 2.16. The van der Waals surface area contributed by atoms with Gasteiger partial charge < -0.3 is 4.74 Å². The second-order valence-electron chi connectivity index (χ2n) is 4.99. The maximum absolute atomic E-state index is 12.3. The monoisotopic (exact) mass is 302 g/mol. The molecule has 1 heterocycles. The first-order chi connectivity index (χ1) is 10.7. The fraction of sp³-hybridized carbons (Fsp3) is 0.438. The minimum Gasteiger partial charge on any atom is -0.465 e. The summed E-state index contributed by atoms with van der Waals surface area (Å²) in [6, 6.07) is 9.24. The number of carbonyl (C=O) groups excluding carboxylic acids is 1. The van der Waals surface area contributed by atoms with E-state index in [1.807, 2.05) is 37.3 Å². The third kappa shape index (κ3) is 4.39. The molecular weight excluding hydrogens is 280 g/mol. The normalized spacial score (nSPS) is 13.5. The summed E-state index contributed by atoms with van der Waals surface area (Å²) in [7, 11) is 0. The Bertz CT molecular complexity index is 557. The van der Waals surface area contributed by atoms with Gasteiger partial charge in [-0.3, -0.25) is 10.00 Å². The molecule has 0 saturated heterocycles. The summed E-state index contributed by atoms with van der Waals surface area (Å²) in [4.78, 5) is 16.2. The lowest BCUT2D eigenvalue weighted by molar-refractivity contribution is -0.146. The number of hydrogen-bond acceptors (Lipinski definition) is 5. The predicted octanol–water partition coefficient (Wildman–Crippen LogP) is 1.95. The first-order valence-electron chi connectivity index (χ1n) is 7.54. The number of esters is 1. The minimum atomic E-state index is -0.477. The van der Waals surface area contributed by atoms with Crippen LogP contribution in [0.1, 0.15) is 31.9 Å². The highest BCUT2D eigenvalue weighted by molar-refractivity contribution is 5.77. The van der Waals surface area contributed by atoms with E-state index >= 15 is 0 Å². The number of nitrogens with one attached hydrogen (secondary N) is 1. The first kappa shape index (κ1) is 16.2. The molecule has 0 spiro atoms. The van der Waals surface area contributed by atoms with Crippen molar-refractivity contribution in [3.63, 3.8) is 0 Å². The number of aromatic nitrogens is 3. The zero-order chi connectivity index (χ0) is 15.8. The second-order valence-corrected chi connectivity index (χ2v) is 4.99. The maximum atomic E-state index is 12.3. The zero-order valence-corrected chi connectivity index (χ0v) is 13.0. The molecule has 1 N–H and O–H groups in total. The van der Waals surface area contributed by atoms with Crippen molar-refractivity contribution < 1.29 is 9.53 Å². The van der Waals surface area contributed by atoms with Gasteiger partial charge in [-0.1, -0.05) is 37.3 Å². The third-order valence-corrected chi connectivity index (χ3v) is 3.42. The van der Waals surface area contributed by atoms with E-state index in [2.05, 4.69) is 22.3 Å². The van der Waals surface area contributed by atoms with Crippen molar-refractivity contribution in [2.75, 3.05) is 6.61 Å². The van der Waals surface area contributed by atoms with Gasteiger partial charge in [0.1, 0.15) is 18.7 Å². The third-order valence-electron chi connectivity index (χ3n) is 3.42. The van der Waals surface area contributed by atoms with Crippen molar-refractivity contribution in [3.8, 4) is 0 Å². The Kier molecular flexibility index (Phi) is 6.09. The van der Waals surface area contributed by atoms with Gasteiger partial charge in [-0.05, 0) is 18.9 Å². The molecule has 22 heavy (non-hydrogen) atoms. The van der Waals surface area contributed by atoms with Crippen molar-refractivity contribution in [1.29, 1.82) is 0 Å². The predicted molar refractivity (Wildman–Crippen MR) is 83.1 cm³/mol. The molecule has 0 radical (unpaired) electrons. The molecule has 0 saturated carbocycles. The molecule has 118 valence electrons. The molecule has 2 aromatic rings. The van der Waals surface area contributed by atoms with Crippen LogP contribution in [-0.4, -0.2) is 33.4 Å². The van der Waals surface area contributed by atoms with Crippen LogP contribution >= 0.6 is 0 Å². The molecule has 0 aliphatic heterocycles. The van der Waals surface area contributed by atoms with Gasteiger partial charge in [0.05, 0.1) is 13.2 Å². The molecule has 0 bridgehead atoms.